The summed E-state index contributed by atoms with van der Waals surface area (Å²) in [6.07, 6.45) is 6.32. The van der Waals surface area contributed by atoms with Crippen LogP contribution >= 0.6 is 0 Å². The van der Waals surface area contributed by atoms with Crippen LogP contribution in [0.1, 0.15) is 11.5 Å². The number of rotatable bonds is 5. The third-order valence-electron chi connectivity index (χ3n) is 2.54. The van der Waals surface area contributed by atoms with Crippen LogP contribution in [0.15, 0.2) is 18.9 Å². The normalized spacial score (nSPS) is 10.9. The highest BCUT2D eigenvalue weighted by atomic mass is 15.2. The topological polar surface area (TPSA) is 60.6 Å². The molecule has 0 aliphatic carbocycles. The molecule has 6 nitrogen and oxygen atoms in total. The lowest BCUT2D eigenvalue weighted by molar-refractivity contribution is 0.611. The first kappa shape index (κ1) is 10.8. The van der Waals surface area contributed by atoms with Crippen LogP contribution in [0, 0.1) is 0 Å². The van der Waals surface area contributed by atoms with Gasteiger partial charge >= 0.3 is 0 Å². The molecule has 16 heavy (non-hydrogen) atoms. The van der Waals surface area contributed by atoms with Crippen molar-refractivity contribution in [2.75, 3.05) is 7.05 Å². The second-order valence-electron chi connectivity index (χ2n) is 3.72. The van der Waals surface area contributed by atoms with E-state index < -0.39 is 0 Å². The molecular formula is C10H16N6. The van der Waals surface area contributed by atoms with Crippen LogP contribution in [0.25, 0.3) is 0 Å². The minimum atomic E-state index is 0.832. The van der Waals surface area contributed by atoms with Gasteiger partial charge in [-0.1, -0.05) is 0 Å². The Morgan fingerprint density at radius 1 is 1.38 bits per heavy atom. The van der Waals surface area contributed by atoms with E-state index >= 15 is 0 Å². The molecule has 2 rings (SSSR count). The van der Waals surface area contributed by atoms with Crippen molar-refractivity contribution in [3.8, 4) is 0 Å². The molecule has 2 aromatic heterocycles. The summed E-state index contributed by atoms with van der Waals surface area (Å²) in [6.45, 7) is 1.71. The van der Waals surface area contributed by atoms with Crippen LogP contribution < -0.4 is 5.32 Å². The first-order chi connectivity index (χ1) is 7.81. The third kappa shape index (κ3) is 2.27. The first-order valence-corrected chi connectivity index (χ1v) is 5.27. The zero-order valence-corrected chi connectivity index (χ0v) is 9.59. The lowest BCUT2D eigenvalue weighted by atomic mass is 10.3. The van der Waals surface area contributed by atoms with E-state index in [2.05, 4.69) is 25.1 Å². The summed E-state index contributed by atoms with van der Waals surface area (Å²) in [6, 6.07) is 0. The van der Waals surface area contributed by atoms with Crippen molar-refractivity contribution in [3.63, 3.8) is 0 Å². The number of aromatic nitrogens is 5. The Morgan fingerprint density at radius 3 is 2.94 bits per heavy atom. The fourth-order valence-electron chi connectivity index (χ4n) is 1.63. The maximum atomic E-state index is 4.14. The Bertz CT molecular complexity index is 444. The molecule has 0 saturated heterocycles. The molecule has 0 fully saturated rings. The second-order valence-corrected chi connectivity index (χ2v) is 3.72. The van der Waals surface area contributed by atoms with Gasteiger partial charge in [0.25, 0.3) is 0 Å². The summed E-state index contributed by atoms with van der Waals surface area (Å²) in [5.74, 6) is 0.990. The Labute approximate surface area is 94.3 Å². The van der Waals surface area contributed by atoms with E-state index in [-0.39, 0.29) is 0 Å². The molecule has 0 spiro atoms. The molecule has 0 unspecified atom stereocenters. The van der Waals surface area contributed by atoms with E-state index in [1.54, 1.807) is 6.33 Å². The van der Waals surface area contributed by atoms with Gasteiger partial charge in [-0.2, -0.15) is 0 Å². The summed E-state index contributed by atoms with van der Waals surface area (Å²) in [5.41, 5.74) is 1.18. The monoisotopic (exact) mass is 220 g/mol. The highest BCUT2D eigenvalue weighted by Gasteiger charge is 2.04. The van der Waals surface area contributed by atoms with E-state index in [1.807, 2.05) is 31.2 Å². The van der Waals surface area contributed by atoms with Crippen LogP contribution in [-0.2, 0) is 26.6 Å². The van der Waals surface area contributed by atoms with E-state index in [1.165, 1.54) is 5.69 Å². The van der Waals surface area contributed by atoms with Gasteiger partial charge in [0.2, 0.25) is 0 Å². The summed E-state index contributed by atoms with van der Waals surface area (Å²) in [4.78, 5) is 4.14. The number of nitrogens with zero attached hydrogens (tertiary/aromatic N) is 5. The fourth-order valence-corrected chi connectivity index (χ4v) is 1.63. The Hall–Kier alpha value is -1.69. The van der Waals surface area contributed by atoms with Crippen LogP contribution in [0.3, 0.4) is 0 Å². The van der Waals surface area contributed by atoms with Crippen LogP contribution in [0.4, 0.5) is 0 Å². The van der Waals surface area contributed by atoms with Gasteiger partial charge in [-0.15, -0.1) is 10.2 Å². The van der Waals surface area contributed by atoms with Gasteiger partial charge in [-0.3, -0.25) is 0 Å². The molecule has 0 saturated carbocycles. The molecule has 0 aliphatic rings. The quantitative estimate of drug-likeness (QED) is 0.769. The van der Waals surface area contributed by atoms with E-state index in [4.69, 9.17) is 0 Å². The lowest BCUT2D eigenvalue weighted by Crippen LogP contribution is -2.12. The van der Waals surface area contributed by atoms with Crippen molar-refractivity contribution in [2.24, 2.45) is 7.05 Å². The van der Waals surface area contributed by atoms with E-state index in [0.717, 1.165) is 25.3 Å². The molecule has 0 atom stereocenters. The minimum absolute atomic E-state index is 0.832. The average molecular weight is 220 g/mol. The lowest BCUT2D eigenvalue weighted by Gasteiger charge is -2.07. The predicted molar refractivity (Wildman–Crippen MR) is 59.7 cm³/mol. The van der Waals surface area contributed by atoms with Gasteiger partial charge in [0.05, 0.1) is 12.0 Å². The van der Waals surface area contributed by atoms with Crippen molar-refractivity contribution < 1.29 is 0 Å². The molecular weight excluding hydrogens is 204 g/mol. The standard InChI is InChI=1S/C10H16N6/c1-11-5-9-6-12-7-16(9)4-3-10-14-13-8-15(10)2/h6-8,11H,3-5H2,1-2H3. The van der Waals surface area contributed by atoms with Gasteiger partial charge in [-0.25, -0.2) is 4.98 Å². The minimum Gasteiger partial charge on any atom is -0.333 e. The average Bonchev–Trinajstić information content (AvgIpc) is 2.86. The van der Waals surface area contributed by atoms with Gasteiger partial charge in [0.1, 0.15) is 12.2 Å². The van der Waals surface area contributed by atoms with Crippen molar-refractivity contribution in [1.29, 1.82) is 0 Å². The summed E-state index contributed by atoms with van der Waals surface area (Å²) in [5, 5.41) is 11.0. The molecule has 1 N–H and O–H groups in total. The van der Waals surface area contributed by atoms with Crippen LogP contribution in [-0.4, -0.2) is 31.4 Å². The number of aryl methyl sites for hydroxylation is 3. The van der Waals surface area contributed by atoms with Crippen LogP contribution in [0.5, 0.6) is 0 Å². The first-order valence-electron chi connectivity index (χ1n) is 5.27. The van der Waals surface area contributed by atoms with Gasteiger partial charge < -0.3 is 14.5 Å². The van der Waals surface area contributed by atoms with E-state index in [0.29, 0.717) is 0 Å². The van der Waals surface area contributed by atoms with Crippen molar-refractivity contribution in [3.05, 3.63) is 30.4 Å². The molecule has 0 aromatic carbocycles. The highest BCUT2D eigenvalue weighted by molar-refractivity contribution is 4.98. The maximum absolute atomic E-state index is 4.14. The molecule has 2 aromatic rings. The molecule has 0 amide bonds. The Balaban J connectivity index is 1.99. The molecule has 0 bridgehead atoms. The zero-order valence-electron chi connectivity index (χ0n) is 9.59. The van der Waals surface area contributed by atoms with Gasteiger partial charge in [0, 0.05) is 32.8 Å². The van der Waals surface area contributed by atoms with Crippen molar-refractivity contribution >= 4 is 0 Å². The third-order valence-corrected chi connectivity index (χ3v) is 2.54. The smallest absolute Gasteiger partial charge is 0.134 e. The Kier molecular flexibility index (Phi) is 3.31. The largest absolute Gasteiger partial charge is 0.333 e. The Morgan fingerprint density at radius 2 is 2.25 bits per heavy atom. The SMILES string of the molecule is CNCc1cncn1CCc1nncn1C. The molecule has 86 valence electrons. The van der Waals surface area contributed by atoms with Crippen molar-refractivity contribution in [2.45, 2.75) is 19.5 Å². The van der Waals surface area contributed by atoms with Crippen molar-refractivity contribution in [1.82, 2.24) is 29.6 Å². The number of nitrogens with one attached hydrogen (secondary N) is 1. The molecule has 0 radical (unpaired) electrons. The van der Waals surface area contributed by atoms with Gasteiger partial charge in [0.15, 0.2) is 0 Å². The number of hydrogen-bond acceptors (Lipinski definition) is 4. The fraction of sp³-hybridized carbons (Fsp3) is 0.500. The number of imidazole rings is 1. The second kappa shape index (κ2) is 4.89. The molecule has 0 aliphatic heterocycles. The zero-order chi connectivity index (χ0) is 11.4. The molecule has 6 heteroatoms. The van der Waals surface area contributed by atoms with Gasteiger partial charge in [-0.05, 0) is 7.05 Å². The maximum Gasteiger partial charge on any atom is 0.134 e. The summed E-state index contributed by atoms with van der Waals surface area (Å²) >= 11 is 0. The van der Waals surface area contributed by atoms with E-state index in [9.17, 15) is 0 Å². The highest BCUT2D eigenvalue weighted by Crippen LogP contribution is 2.02. The number of hydrogen-bond donors (Lipinski definition) is 1. The summed E-state index contributed by atoms with van der Waals surface area (Å²) in [7, 11) is 3.89. The summed E-state index contributed by atoms with van der Waals surface area (Å²) < 4.78 is 4.07. The predicted octanol–water partition coefficient (Wildman–Crippen LogP) is -0.0263. The van der Waals surface area contributed by atoms with Crippen LogP contribution in [0.2, 0.25) is 0 Å². The molecule has 2 heterocycles.